The van der Waals surface area contributed by atoms with Crippen molar-refractivity contribution in [3.8, 4) is 0 Å². The molecule has 1 aliphatic heterocycles. The lowest BCUT2D eigenvalue weighted by Gasteiger charge is -2.28. The molecule has 1 heterocycles. The van der Waals surface area contributed by atoms with Crippen molar-refractivity contribution in [1.29, 1.82) is 0 Å². The van der Waals surface area contributed by atoms with E-state index in [9.17, 15) is 8.42 Å². The van der Waals surface area contributed by atoms with Gasteiger partial charge in [-0.05, 0) is 12.8 Å². The molecule has 1 saturated heterocycles. The highest BCUT2D eigenvalue weighted by atomic mass is 32.2. The Labute approximate surface area is 86.3 Å². The molecule has 0 aromatic rings. The molecular formula is C9H19NO3S. The average Bonchev–Trinajstić information content (AvgIpc) is 2.20. The second-order valence-corrected chi connectivity index (χ2v) is 5.65. The Hall–Kier alpha value is -0.130. The summed E-state index contributed by atoms with van der Waals surface area (Å²) in [6, 6.07) is 0. The van der Waals surface area contributed by atoms with Crippen LogP contribution in [0.25, 0.3) is 0 Å². The lowest BCUT2D eigenvalue weighted by molar-refractivity contribution is 0.0973. The van der Waals surface area contributed by atoms with Crippen LogP contribution in [-0.2, 0) is 14.8 Å². The maximum atomic E-state index is 12.0. The van der Waals surface area contributed by atoms with Crippen LogP contribution in [0.2, 0.25) is 0 Å². The Kier molecular flexibility index (Phi) is 4.34. The van der Waals surface area contributed by atoms with E-state index < -0.39 is 10.0 Å². The summed E-state index contributed by atoms with van der Waals surface area (Å²) in [5.41, 5.74) is 0. The van der Waals surface area contributed by atoms with Crippen LogP contribution in [0.3, 0.4) is 0 Å². The summed E-state index contributed by atoms with van der Waals surface area (Å²) in [6.07, 6.45) is 1.28. The smallest absolute Gasteiger partial charge is 0.217 e. The molecule has 84 valence electrons. The molecule has 1 rings (SSSR count). The molecule has 0 bridgehead atoms. The molecule has 1 fully saturated rings. The summed E-state index contributed by atoms with van der Waals surface area (Å²) in [5.74, 6) is 0. The summed E-state index contributed by atoms with van der Waals surface area (Å²) >= 11 is 0. The lowest BCUT2D eigenvalue weighted by Crippen LogP contribution is -2.41. The van der Waals surface area contributed by atoms with Crippen LogP contribution in [0.5, 0.6) is 0 Å². The van der Waals surface area contributed by atoms with E-state index in [0.29, 0.717) is 39.1 Å². The van der Waals surface area contributed by atoms with Gasteiger partial charge < -0.3 is 4.74 Å². The molecule has 0 aromatic heterocycles. The number of hydrogen-bond acceptors (Lipinski definition) is 3. The number of rotatable bonds is 4. The van der Waals surface area contributed by atoms with E-state index in [0.717, 1.165) is 0 Å². The zero-order chi connectivity index (χ0) is 10.6. The Bertz CT molecular complexity index is 253. The van der Waals surface area contributed by atoms with E-state index >= 15 is 0 Å². The first-order valence-corrected chi connectivity index (χ1v) is 6.70. The minimum absolute atomic E-state index is 0.226. The fraction of sp³-hybridized carbons (Fsp3) is 1.00. The Morgan fingerprint density at radius 2 is 1.71 bits per heavy atom. The minimum Gasteiger partial charge on any atom is -0.381 e. The zero-order valence-corrected chi connectivity index (χ0v) is 9.72. The van der Waals surface area contributed by atoms with Crippen molar-refractivity contribution in [2.45, 2.75) is 31.9 Å². The molecule has 4 nitrogen and oxygen atoms in total. The summed E-state index contributed by atoms with van der Waals surface area (Å²) < 4.78 is 30.7. The largest absolute Gasteiger partial charge is 0.381 e. The molecule has 0 aromatic carbocycles. The Morgan fingerprint density at radius 1 is 1.21 bits per heavy atom. The van der Waals surface area contributed by atoms with Crippen molar-refractivity contribution in [1.82, 2.24) is 4.31 Å². The first-order valence-electron chi connectivity index (χ1n) is 5.19. The summed E-state index contributed by atoms with van der Waals surface area (Å²) in [5, 5.41) is -0.226. The van der Waals surface area contributed by atoms with E-state index in [1.165, 1.54) is 0 Å². The van der Waals surface area contributed by atoms with Gasteiger partial charge >= 0.3 is 0 Å². The second-order valence-electron chi connectivity index (χ2n) is 3.44. The summed E-state index contributed by atoms with van der Waals surface area (Å²) in [7, 11) is -3.07. The quantitative estimate of drug-likeness (QED) is 0.706. The van der Waals surface area contributed by atoms with Gasteiger partial charge in [-0.2, -0.15) is 0 Å². The van der Waals surface area contributed by atoms with Crippen molar-refractivity contribution in [2.75, 3.05) is 26.3 Å². The average molecular weight is 221 g/mol. The predicted molar refractivity (Wildman–Crippen MR) is 55.7 cm³/mol. The van der Waals surface area contributed by atoms with Crippen molar-refractivity contribution in [3.63, 3.8) is 0 Å². The zero-order valence-electron chi connectivity index (χ0n) is 8.90. The topological polar surface area (TPSA) is 46.6 Å². The second kappa shape index (κ2) is 5.09. The van der Waals surface area contributed by atoms with Crippen LogP contribution >= 0.6 is 0 Å². The Balaban J connectivity index is 2.71. The molecule has 14 heavy (non-hydrogen) atoms. The molecule has 0 spiro atoms. The Morgan fingerprint density at radius 3 is 2.14 bits per heavy atom. The number of sulfonamides is 1. The van der Waals surface area contributed by atoms with Gasteiger partial charge in [0.05, 0.1) is 5.25 Å². The van der Waals surface area contributed by atoms with Crippen molar-refractivity contribution in [2.24, 2.45) is 0 Å². The maximum Gasteiger partial charge on any atom is 0.217 e. The SMILES string of the molecule is CCN(CC)S(=O)(=O)C1CCOCC1. The first kappa shape index (κ1) is 11.9. The maximum absolute atomic E-state index is 12.0. The molecule has 5 heteroatoms. The molecule has 0 radical (unpaired) electrons. The van der Waals surface area contributed by atoms with Crippen LogP contribution in [-0.4, -0.2) is 44.3 Å². The molecular weight excluding hydrogens is 202 g/mol. The third kappa shape index (κ3) is 2.46. The van der Waals surface area contributed by atoms with Gasteiger partial charge in [0.15, 0.2) is 0 Å². The highest BCUT2D eigenvalue weighted by Crippen LogP contribution is 2.19. The van der Waals surface area contributed by atoms with E-state index in [2.05, 4.69) is 0 Å². The van der Waals surface area contributed by atoms with E-state index in [1.54, 1.807) is 4.31 Å². The monoisotopic (exact) mass is 221 g/mol. The lowest BCUT2D eigenvalue weighted by atomic mass is 10.2. The molecule has 0 aliphatic carbocycles. The van der Waals surface area contributed by atoms with E-state index in [1.807, 2.05) is 13.8 Å². The number of nitrogens with zero attached hydrogens (tertiary/aromatic N) is 1. The minimum atomic E-state index is -3.07. The van der Waals surface area contributed by atoms with Crippen LogP contribution in [0, 0.1) is 0 Å². The van der Waals surface area contributed by atoms with Crippen molar-refractivity contribution >= 4 is 10.0 Å². The third-order valence-electron chi connectivity index (χ3n) is 2.65. The molecule has 0 amide bonds. The molecule has 0 saturated carbocycles. The highest BCUT2D eigenvalue weighted by Gasteiger charge is 2.31. The highest BCUT2D eigenvalue weighted by molar-refractivity contribution is 7.89. The van der Waals surface area contributed by atoms with Crippen LogP contribution < -0.4 is 0 Å². The summed E-state index contributed by atoms with van der Waals surface area (Å²) in [6.45, 7) is 6.03. The van der Waals surface area contributed by atoms with Crippen molar-refractivity contribution in [3.05, 3.63) is 0 Å². The first-order chi connectivity index (χ1) is 6.62. The van der Waals surface area contributed by atoms with Crippen LogP contribution in [0.4, 0.5) is 0 Å². The third-order valence-corrected chi connectivity index (χ3v) is 5.20. The molecule has 0 atom stereocenters. The fourth-order valence-electron chi connectivity index (χ4n) is 1.77. The van der Waals surface area contributed by atoms with Crippen LogP contribution in [0.15, 0.2) is 0 Å². The standard InChI is InChI=1S/C9H19NO3S/c1-3-10(4-2)14(11,12)9-5-7-13-8-6-9/h9H,3-8H2,1-2H3. The van der Waals surface area contributed by atoms with Gasteiger partial charge in [0.2, 0.25) is 10.0 Å². The molecule has 0 N–H and O–H groups in total. The van der Waals surface area contributed by atoms with E-state index in [4.69, 9.17) is 4.74 Å². The van der Waals surface area contributed by atoms with Gasteiger partial charge in [-0.25, -0.2) is 12.7 Å². The summed E-state index contributed by atoms with van der Waals surface area (Å²) in [4.78, 5) is 0. The van der Waals surface area contributed by atoms with Gasteiger partial charge in [0, 0.05) is 26.3 Å². The molecule has 0 unspecified atom stereocenters. The van der Waals surface area contributed by atoms with Gasteiger partial charge in [-0.3, -0.25) is 0 Å². The number of ether oxygens (including phenoxy) is 1. The van der Waals surface area contributed by atoms with E-state index in [-0.39, 0.29) is 5.25 Å². The van der Waals surface area contributed by atoms with Crippen molar-refractivity contribution < 1.29 is 13.2 Å². The predicted octanol–water partition coefficient (Wildman–Crippen LogP) is 0.837. The van der Waals surface area contributed by atoms with Gasteiger partial charge in [0.1, 0.15) is 0 Å². The van der Waals surface area contributed by atoms with Gasteiger partial charge in [0.25, 0.3) is 0 Å². The fourth-order valence-corrected chi connectivity index (χ4v) is 3.70. The van der Waals surface area contributed by atoms with Gasteiger partial charge in [-0.15, -0.1) is 0 Å². The number of hydrogen-bond donors (Lipinski definition) is 0. The molecule has 1 aliphatic rings. The normalized spacial score (nSPS) is 20.2. The van der Waals surface area contributed by atoms with Gasteiger partial charge in [-0.1, -0.05) is 13.8 Å². The van der Waals surface area contributed by atoms with Crippen LogP contribution in [0.1, 0.15) is 26.7 Å².